The molecule has 0 amide bonds. The third kappa shape index (κ3) is 8.33. The molecule has 13 heavy (non-hydrogen) atoms. The number of carbonyl (C=O) groups is 2. The molecule has 0 atom stereocenters. The topological polar surface area (TPSA) is 52.6 Å². The molecule has 0 radical (unpaired) electrons. The van der Waals surface area contributed by atoms with Crippen LogP contribution >= 0.6 is 0 Å². The molecule has 4 nitrogen and oxygen atoms in total. The van der Waals surface area contributed by atoms with E-state index in [1.807, 2.05) is 0 Å². The summed E-state index contributed by atoms with van der Waals surface area (Å²) in [5, 5.41) is 0. The van der Waals surface area contributed by atoms with Gasteiger partial charge in [-0.25, -0.2) is 0 Å². The van der Waals surface area contributed by atoms with E-state index in [9.17, 15) is 9.59 Å². The highest BCUT2D eigenvalue weighted by atomic mass is 16.5. The van der Waals surface area contributed by atoms with Gasteiger partial charge in [-0.05, 0) is 18.6 Å². The lowest BCUT2D eigenvalue weighted by molar-refractivity contribution is -0.136. The number of esters is 2. The molecule has 0 saturated heterocycles. The zero-order chi connectivity index (χ0) is 10.3. The summed E-state index contributed by atoms with van der Waals surface area (Å²) in [6.07, 6.45) is 4.03. The van der Waals surface area contributed by atoms with Crippen molar-refractivity contribution in [3.05, 3.63) is 24.2 Å². The minimum atomic E-state index is -0.392. The van der Waals surface area contributed by atoms with E-state index < -0.39 is 5.97 Å². The fraction of sp³-hybridized carbons (Fsp3) is 0.333. The Kier molecular flexibility index (Phi) is 5.27. The fourth-order valence-corrected chi connectivity index (χ4v) is 0.452. The molecule has 0 aromatic carbocycles. The summed E-state index contributed by atoms with van der Waals surface area (Å²) in [7, 11) is 0. The normalized spacial score (nSPS) is 11.5. The second kappa shape index (κ2) is 5.99. The summed E-state index contributed by atoms with van der Waals surface area (Å²) in [5.41, 5.74) is 0.677. The SMILES string of the molecule is CC(=O)OC=CC(C)=COC(C)=O. The smallest absolute Gasteiger partial charge is 0.307 e. The first kappa shape index (κ1) is 11.4. The summed E-state index contributed by atoms with van der Waals surface area (Å²) in [5.74, 6) is -0.781. The van der Waals surface area contributed by atoms with Crippen LogP contribution in [0.5, 0.6) is 0 Å². The zero-order valence-corrected chi connectivity index (χ0v) is 7.87. The molecular weight excluding hydrogens is 172 g/mol. The molecule has 0 aliphatic heterocycles. The van der Waals surface area contributed by atoms with Crippen molar-refractivity contribution < 1.29 is 19.1 Å². The summed E-state index contributed by atoms with van der Waals surface area (Å²) < 4.78 is 9.09. The van der Waals surface area contributed by atoms with Crippen LogP contribution in [-0.4, -0.2) is 11.9 Å². The van der Waals surface area contributed by atoms with Crippen molar-refractivity contribution in [2.24, 2.45) is 0 Å². The Hall–Kier alpha value is -1.58. The van der Waals surface area contributed by atoms with Gasteiger partial charge in [0.15, 0.2) is 0 Å². The number of allylic oxidation sites excluding steroid dienone is 2. The molecule has 0 saturated carbocycles. The van der Waals surface area contributed by atoms with Gasteiger partial charge in [-0.2, -0.15) is 0 Å². The van der Waals surface area contributed by atoms with Crippen LogP contribution in [0.1, 0.15) is 20.8 Å². The maximum atomic E-state index is 10.4. The monoisotopic (exact) mass is 184 g/mol. The maximum absolute atomic E-state index is 10.4. The Balaban J connectivity index is 3.91. The van der Waals surface area contributed by atoms with E-state index in [2.05, 4.69) is 9.47 Å². The molecule has 0 fully saturated rings. The predicted octanol–water partition coefficient (Wildman–Crippen LogP) is 1.53. The third-order valence-corrected chi connectivity index (χ3v) is 0.976. The van der Waals surface area contributed by atoms with E-state index in [0.29, 0.717) is 5.57 Å². The Bertz CT molecular complexity index is 250. The summed E-state index contributed by atoms with van der Waals surface area (Å²) in [6, 6.07) is 0. The number of rotatable bonds is 3. The molecule has 0 aromatic rings. The van der Waals surface area contributed by atoms with E-state index in [1.54, 1.807) is 6.92 Å². The van der Waals surface area contributed by atoms with E-state index >= 15 is 0 Å². The molecule has 0 spiro atoms. The van der Waals surface area contributed by atoms with Crippen LogP contribution < -0.4 is 0 Å². The van der Waals surface area contributed by atoms with Crippen LogP contribution in [0.2, 0.25) is 0 Å². The molecule has 4 heteroatoms. The molecule has 72 valence electrons. The number of ether oxygens (including phenoxy) is 2. The molecule has 0 unspecified atom stereocenters. The summed E-state index contributed by atoms with van der Waals surface area (Å²) >= 11 is 0. The fourth-order valence-electron chi connectivity index (χ4n) is 0.452. The largest absolute Gasteiger partial charge is 0.435 e. The Morgan fingerprint density at radius 3 is 2.00 bits per heavy atom. The Morgan fingerprint density at radius 2 is 1.54 bits per heavy atom. The highest BCUT2D eigenvalue weighted by Gasteiger charge is 1.89. The van der Waals surface area contributed by atoms with Gasteiger partial charge in [-0.3, -0.25) is 9.59 Å². The van der Waals surface area contributed by atoms with Crippen LogP contribution in [0, 0.1) is 0 Å². The summed E-state index contributed by atoms with van der Waals surface area (Å²) in [6.45, 7) is 4.32. The van der Waals surface area contributed by atoms with Crippen molar-refractivity contribution in [3.8, 4) is 0 Å². The number of carbonyl (C=O) groups excluding carboxylic acids is 2. The first-order chi connectivity index (χ1) is 6.02. The average Bonchev–Trinajstić information content (AvgIpc) is 2.00. The lowest BCUT2D eigenvalue weighted by atomic mass is 10.3. The first-order valence-corrected chi connectivity index (χ1v) is 3.70. The van der Waals surface area contributed by atoms with Crippen molar-refractivity contribution in [2.45, 2.75) is 20.8 Å². The van der Waals surface area contributed by atoms with Crippen molar-refractivity contribution >= 4 is 11.9 Å². The Morgan fingerprint density at radius 1 is 1.00 bits per heavy atom. The Labute approximate surface area is 76.8 Å². The zero-order valence-electron chi connectivity index (χ0n) is 7.87. The lowest BCUT2D eigenvalue weighted by Gasteiger charge is -1.94. The average molecular weight is 184 g/mol. The highest BCUT2D eigenvalue weighted by Crippen LogP contribution is 1.96. The second-order valence-corrected chi connectivity index (χ2v) is 2.38. The number of hydrogen-bond donors (Lipinski definition) is 0. The van der Waals surface area contributed by atoms with Crippen molar-refractivity contribution in [1.82, 2.24) is 0 Å². The quantitative estimate of drug-likeness (QED) is 0.379. The van der Waals surface area contributed by atoms with Crippen LogP contribution in [0.4, 0.5) is 0 Å². The number of hydrogen-bond acceptors (Lipinski definition) is 4. The van der Waals surface area contributed by atoms with Gasteiger partial charge in [0.2, 0.25) is 0 Å². The van der Waals surface area contributed by atoms with Gasteiger partial charge in [0.1, 0.15) is 0 Å². The minimum Gasteiger partial charge on any atom is -0.435 e. The van der Waals surface area contributed by atoms with Gasteiger partial charge in [-0.1, -0.05) is 0 Å². The maximum Gasteiger partial charge on any atom is 0.307 e. The summed E-state index contributed by atoms with van der Waals surface area (Å²) in [4.78, 5) is 20.7. The molecule has 0 aliphatic carbocycles. The van der Waals surface area contributed by atoms with Crippen LogP contribution in [0.3, 0.4) is 0 Å². The second-order valence-electron chi connectivity index (χ2n) is 2.38. The van der Waals surface area contributed by atoms with Crippen LogP contribution in [0.25, 0.3) is 0 Å². The van der Waals surface area contributed by atoms with E-state index in [4.69, 9.17) is 0 Å². The standard InChI is InChI=1S/C9H12O4/c1-7(6-13-9(3)11)4-5-12-8(2)10/h4-6H,1-3H3. The van der Waals surface area contributed by atoms with Crippen LogP contribution in [0.15, 0.2) is 24.2 Å². The van der Waals surface area contributed by atoms with Crippen molar-refractivity contribution in [3.63, 3.8) is 0 Å². The molecule has 0 bridgehead atoms. The van der Waals surface area contributed by atoms with E-state index in [-0.39, 0.29) is 5.97 Å². The molecule has 0 heterocycles. The first-order valence-electron chi connectivity index (χ1n) is 3.70. The van der Waals surface area contributed by atoms with Gasteiger partial charge < -0.3 is 9.47 Å². The lowest BCUT2D eigenvalue weighted by Crippen LogP contribution is -1.91. The molecule has 0 aliphatic rings. The molecule has 0 N–H and O–H groups in total. The van der Waals surface area contributed by atoms with Crippen molar-refractivity contribution in [2.75, 3.05) is 0 Å². The van der Waals surface area contributed by atoms with Crippen LogP contribution in [-0.2, 0) is 19.1 Å². The van der Waals surface area contributed by atoms with Gasteiger partial charge in [-0.15, -0.1) is 0 Å². The van der Waals surface area contributed by atoms with Crippen molar-refractivity contribution in [1.29, 1.82) is 0 Å². The highest BCUT2D eigenvalue weighted by molar-refractivity contribution is 5.67. The van der Waals surface area contributed by atoms with E-state index in [0.717, 1.165) is 0 Å². The van der Waals surface area contributed by atoms with Gasteiger partial charge in [0.25, 0.3) is 0 Å². The molecular formula is C9H12O4. The molecule has 0 rings (SSSR count). The van der Waals surface area contributed by atoms with Gasteiger partial charge in [0.05, 0.1) is 12.5 Å². The third-order valence-electron chi connectivity index (χ3n) is 0.976. The predicted molar refractivity (Wildman–Crippen MR) is 46.4 cm³/mol. The molecule has 0 aromatic heterocycles. The van der Waals surface area contributed by atoms with Gasteiger partial charge in [0, 0.05) is 13.8 Å². The van der Waals surface area contributed by atoms with Gasteiger partial charge >= 0.3 is 11.9 Å². The minimum absolute atomic E-state index is 0.389. The van der Waals surface area contributed by atoms with E-state index in [1.165, 1.54) is 32.4 Å².